The highest BCUT2D eigenvalue weighted by atomic mass is 79.9. The van der Waals surface area contributed by atoms with Crippen molar-refractivity contribution in [3.05, 3.63) is 0 Å². The Balaban J connectivity index is 2.24. The fourth-order valence-electron chi connectivity index (χ4n) is 1.18. The molecule has 4 nitrogen and oxygen atoms in total. The SMILES string of the molecule is CCOCCS(=O)(=O)NCC1(CBr)CC1. The topological polar surface area (TPSA) is 55.4 Å². The predicted molar refractivity (Wildman–Crippen MR) is 63.7 cm³/mol. The quantitative estimate of drug-likeness (QED) is 0.540. The van der Waals surface area contributed by atoms with Crippen LogP contribution in [0.15, 0.2) is 0 Å². The molecule has 15 heavy (non-hydrogen) atoms. The van der Waals surface area contributed by atoms with Crippen LogP contribution in [0.25, 0.3) is 0 Å². The zero-order valence-electron chi connectivity index (χ0n) is 8.96. The van der Waals surface area contributed by atoms with E-state index in [1.54, 1.807) is 0 Å². The highest BCUT2D eigenvalue weighted by Gasteiger charge is 2.41. The van der Waals surface area contributed by atoms with Crippen LogP contribution < -0.4 is 4.72 Å². The van der Waals surface area contributed by atoms with Gasteiger partial charge in [0.25, 0.3) is 0 Å². The van der Waals surface area contributed by atoms with Crippen molar-refractivity contribution in [3.63, 3.8) is 0 Å². The van der Waals surface area contributed by atoms with Crippen molar-refractivity contribution in [1.29, 1.82) is 0 Å². The molecular weight excluding hydrogens is 282 g/mol. The molecule has 0 saturated heterocycles. The van der Waals surface area contributed by atoms with Crippen molar-refractivity contribution in [3.8, 4) is 0 Å². The predicted octanol–water partition coefficient (Wildman–Crippen LogP) is 1.12. The minimum absolute atomic E-state index is 0.0548. The summed E-state index contributed by atoms with van der Waals surface area (Å²) in [5.74, 6) is 0.0548. The fourth-order valence-corrected chi connectivity index (χ4v) is 2.95. The first kappa shape index (κ1) is 13.4. The summed E-state index contributed by atoms with van der Waals surface area (Å²) in [6.07, 6.45) is 2.21. The Morgan fingerprint density at radius 1 is 1.47 bits per heavy atom. The van der Waals surface area contributed by atoms with Gasteiger partial charge in [-0.3, -0.25) is 0 Å². The summed E-state index contributed by atoms with van der Waals surface area (Å²) < 4.78 is 30.6. The molecule has 1 fully saturated rings. The van der Waals surface area contributed by atoms with Crippen molar-refractivity contribution in [1.82, 2.24) is 4.72 Å². The van der Waals surface area contributed by atoms with Crippen LogP contribution in [0, 0.1) is 5.41 Å². The molecule has 1 rings (SSSR count). The Bertz CT molecular complexity index is 288. The molecule has 90 valence electrons. The van der Waals surface area contributed by atoms with Crippen LogP contribution in [0.2, 0.25) is 0 Å². The Morgan fingerprint density at radius 2 is 2.13 bits per heavy atom. The minimum atomic E-state index is -3.15. The van der Waals surface area contributed by atoms with Gasteiger partial charge in [0.1, 0.15) is 0 Å². The Hall–Kier alpha value is 0.350. The van der Waals surface area contributed by atoms with Crippen LogP contribution in [0.3, 0.4) is 0 Å². The number of sulfonamides is 1. The molecule has 0 aromatic heterocycles. The van der Waals surface area contributed by atoms with Gasteiger partial charge in [-0.25, -0.2) is 13.1 Å². The van der Waals surface area contributed by atoms with Crippen molar-refractivity contribution in [2.75, 3.05) is 30.8 Å². The summed E-state index contributed by atoms with van der Waals surface area (Å²) in [5.41, 5.74) is 0.179. The average Bonchev–Trinajstić information content (AvgIpc) is 2.96. The number of ether oxygens (including phenoxy) is 1. The van der Waals surface area contributed by atoms with Crippen LogP contribution in [-0.2, 0) is 14.8 Å². The molecule has 1 aliphatic carbocycles. The summed E-state index contributed by atoms with van der Waals surface area (Å²) in [6, 6.07) is 0. The lowest BCUT2D eigenvalue weighted by Gasteiger charge is -2.12. The van der Waals surface area contributed by atoms with Crippen LogP contribution in [0.5, 0.6) is 0 Å². The third-order valence-electron chi connectivity index (χ3n) is 2.61. The molecule has 0 atom stereocenters. The lowest BCUT2D eigenvalue weighted by Crippen LogP contribution is -2.34. The fraction of sp³-hybridized carbons (Fsp3) is 1.00. The van der Waals surface area contributed by atoms with E-state index in [1.165, 1.54) is 0 Å². The average molecular weight is 300 g/mol. The van der Waals surface area contributed by atoms with Gasteiger partial charge in [0.2, 0.25) is 10.0 Å². The molecule has 1 N–H and O–H groups in total. The van der Waals surface area contributed by atoms with E-state index in [4.69, 9.17) is 4.74 Å². The molecule has 1 aliphatic rings. The molecule has 0 amide bonds. The van der Waals surface area contributed by atoms with E-state index in [2.05, 4.69) is 20.7 Å². The van der Waals surface area contributed by atoms with Gasteiger partial charge in [0.05, 0.1) is 12.4 Å². The van der Waals surface area contributed by atoms with E-state index in [0.717, 1.165) is 18.2 Å². The first-order chi connectivity index (χ1) is 7.04. The van der Waals surface area contributed by atoms with Gasteiger partial charge in [-0.15, -0.1) is 0 Å². The molecule has 0 bridgehead atoms. The van der Waals surface area contributed by atoms with Crippen LogP contribution in [0.4, 0.5) is 0 Å². The standard InChI is InChI=1S/C9H18BrNO3S/c1-2-14-5-6-15(12,13)11-8-9(7-10)3-4-9/h11H,2-8H2,1H3. The van der Waals surface area contributed by atoms with Gasteiger partial charge >= 0.3 is 0 Å². The van der Waals surface area contributed by atoms with Gasteiger partial charge in [0, 0.05) is 18.5 Å². The lowest BCUT2D eigenvalue weighted by molar-refractivity contribution is 0.163. The maximum absolute atomic E-state index is 11.5. The van der Waals surface area contributed by atoms with Crippen molar-refractivity contribution < 1.29 is 13.2 Å². The molecule has 0 aliphatic heterocycles. The van der Waals surface area contributed by atoms with Crippen molar-refractivity contribution in [2.45, 2.75) is 19.8 Å². The zero-order chi connectivity index (χ0) is 11.4. The van der Waals surface area contributed by atoms with Gasteiger partial charge in [0.15, 0.2) is 0 Å². The second-order valence-electron chi connectivity index (χ2n) is 3.97. The van der Waals surface area contributed by atoms with Crippen molar-refractivity contribution in [2.24, 2.45) is 5.41 Å². The molecule has 0 unspecified atom stereocenters. The van der Waals surface area contributed by atoms with E-state index < -0.39 is 10.0 Å². The maximum atomic E-state index is 11.5. The van der Waals surface area contributed by atoms with E-state index in [-0.39, 0.29) is 17.8 Å². The lowest BCUT2D eigenvalue weighted by atomic mass is 10.1. The maximum Gasteiger partial charge on any atom is 0.213 e. The van der Waals surface area contributed by atoms with E-state index in [9.17, 15) is 8.42 Å². The number of rotatable bonds is 8. The number of nitrogens with one attached hydrogen (secondary N) is 1. The normalized spacial score (nSPS) is 19.1. The summed E-state index contributed by atoms with van der Waals surface area (Å²) in [6.45, 7) is 3.23. The van der Waals surface area contributed by atoms with E-state index in [1.807, 2.05) is 6.92 Å². The number of alkyl halides is 1. The van der Waals surface area contributed by atoms with Crippen LogP contribution in [-0.4, -0.2) is 39.3 Å². The second-order valence-corrected chi connectivity index (χ2v) is 6.46. The summed E-state index contributed by atoms with van der Waals surface area (Å²) in [4.78, 5) is 0. The number of hydrogen-bond donors (Lipinski definition) is 1. The Labute approximate surface area is 99.9 Å². The summed E-state index contributed by atoms with van der Waals surface area (Å²) in [7, 11) is -3.15. The number of hydrogen-bond acceptors (Lipinski definition) is 3. The van der Waals surface area contributed by atoms with Gasteiger partial charge in [-0.1, -0.05) is 15.9 Å². The minimum Gasteiger partial charge on any atom is -0.381 e. The number of halogens is 1. The first-order valence-electron chi connectivity index (χ1n) is 5.15. The highest BCUT2D eigenvalue weighted by molar-refractivity contribution is 9.09. The van der Waals surface area contributed by atoms with Gasteiger partial charge in [-0.2, -0.15) is 0 Å². The molecule has 0 aromatic rings. The van der Waals surface area contributed by atoms with Crippen LogP contribution >= 0.6 is 15.9 Å². The third-order valence-corrected chi connectivity index (χ3v) is 5.09. The highest BCUT2D eigenvalue weighted by Crippen LogP contribution is 2.46. The third kappa shape index (κ3) is 4.80. The molecule has 0 aromatic carbocycles. The second kappa shape index (κ2) is 5.61. The molecule has 1 saturated carbocycles. The Morgan fingerprint density at radius 3 is 2.60 bits per heavy atom. The largest absolute Gasteiger partial charge is 0.381 e. The van der Waals surface area contributed by atoms with E-state index >= 15 is 0 Å². The smallest absolute Gasteiger partial charge is 0.213 e. The molecule has 0 radical (unpaired) electrons. The monoisotopic (exact) mass is 299 g/mol. The van der Waals surface area contributed by atoms with E-state index in [0.29, 0.717) is 13.2 Å². The van der Waals surface area contributed by atoms with Crippen LogP contribution in [0.1, 0.15) is 19.8 Å². The molecule has 0 spiro atoms. The first-order valence-corrected chi connectivity index (χ1v) is 7.92. The van der Waals surface area contributed by atoms with Gasteiger partial charge in [-0.05, 0) is 25.2 Å². The zero-order valence-corrected chi connectivity index (χ0v) is 11.4. The van der Waals surface area contributed by atoms with Crippen molar-refractivity contribution >= 4 is 26.0 Å². The molecule has 0 heterocycles. The molecule has 6 heteroatoms. The van der Waals surface area contributed by atoms with Gasteiger partial charge < -0.3 is 4.74 Å². The Kier molecular flexibility index (Phi) is 5.02. The molecular formula is C9H18BrNO3S. The summed E-state index contributed by atoms with van der Waals surface area (Å²) in [5, 5.41) is 0.869. The summed E-state index contributed by atoms with van der Waals surface area (Å²) >= 11 is 3.41.